The van der Waals surface area contributed by atoms with Crippen LogP contribution in [0.4, 0.5) is 0 Å². The topological polar surface area (TPSA) is 39.7 Å². The molecule has 0 spiro atoms. The number of aliphatic imine (C=N–C) groups is 1. The number of likely N-dealkylation sites (tertiary alicyclic amines) is 1. The smallest absolute Gasteiger partial charge is 0.191 e. The number of thioether (sulfide) groups is 1. The molecular formula is C18H39IN4S. The Bertz CT molecular complexity index is 307. The molecule has 0 aromatic carbocycles. The Labute approximate surface area is 171 Å². The lowest BCUT2D eigenvalue weighted by Gasteiger charge is -2.30. The fourth-order valence-electron chi connectivity index (χ4n) is 2.84. The highest BCUT2D eigenvalue weighted by Gasteiger charge is 2.14. The van der Waals surface area contributed by atoms with Crippen molar-refractivity contribution in [1.82, 2.24) is 15.5 Å². The van der Waals surface area contributed by atoms with Gasteiger partial charge >= 0.3 is 0 Å². The molecule has 0 bridgehead atoms. The number of guanidine groups is 1. The van der Waals surface area contributed by atoms with Gasteiger partial charge in [0.2, 0.25) is 0 Å². The molecule has 0 aromatic heterocycles. The van der Waals surface area contributed by atoms with Crippen LogP contribution >= 0.6 is 35.7 Å². The first-order valence-corrected chi connectivity index (χ1v) is 10.9. The molecule has 0 amide bonds. The van der Waals surface area contributed by atoms with E-state index in [0.717, 1.165) is 31.5 Å². The van der Waals surface area contributed by atoms with E-state index >= 15 is 0 Å². The van der Waals surface area contributed by atoms with E-state index in [1.165, 1.54) is 63.9 Å². The SMILES string of the molecule is CCNC(=NCCCCN1CCC(C)CC1)NCCCCSC.I. The predicted molar refractivity (Wildman–Crippen MR) is 121 cm³/mol. The van der Waals surface area contributed by atoms with Gasteiger partial charge in [0.1, 0.15) is 0 Å². The van der Waals surface area contributed by atoms with Gasteiger partial charge in [0, 0.05) is 19.6 Å². The number of rotatable bonds is 11. The van der Waals surface area contributed by atoms with Gasteiger partial charge in [-0.25, -0.2) is 0 Å². The first-order chi connectivity index (χ1) is 11.3. The summed E-state index contributed by atoms with van der Waals surface area (Å²) in [6, 6.07) is 0. The fourth-order valence-corrected chi connectivity index (χ4v) is 3.34. The molecule has 0 radical (unpaired) electrons. The van der Waals surface area contributed by atoms with E-state index < -0.39 is 0 Å². The molecule has 4 nitrogen and oxygen atoms in total. The van der Waals surface area contributed by atoms with E-state index in [-0.39, 0.29) is 24.0 Å². The Morgan fingerprint density at radius 2 is 1.88 bits per heavy atom. The van der Waals surface area contributed by atoms with Crippen molar-refractivity contribution in [2.24, 2.45) is 10.9 Å². The normalized spacial score (nSPS) is 16.7. The minimum Gasteiger partial charge on any atom is -0.357 e. The molecule has 0 atom stereocenters. The summed E-state index contributed by atoms with van der Waals surface area (Å²) in [5.41, 5.74) is 0. The summed E-state index contributed by atoms with van der Waals surface area (Å²) in [6.07, 6.45) is 9.89. The van der Waals surface area contributed by atoms with Gasteiger partial charge in [-0.15, -0.1) is 24.0 Å². The number of nitrogens with one attached hydrogen (secondary N) is 2. The Balaban J connectivity index is 0.00000529. The fraction of sp³-hybridized carbons (Fsp3) is 0.944. The summed E-state index contributed by atoms with van der Waals surface area (Å²) in [7, 11) is 0. The molecule has 1 saturated heterocycles. The van der Waals surface area contributed by atoms with Crippen LogP contribution in [0, 0.1) is 5.92 Å². The van der Waals surface area contributed by atoms with E-state index in [1.54, 1.807) is 0 Å². The summed E-state index contributed by atoms with van der Waals surface area (Å²) < 4.78 is 0. The lowest BCUT2D eigenvalue weighted by atomic mass is 9.99. The van der Waals surface area contributed by atoms with Crippen molar-refractivity contribution in [3.05, 3.63) is 0 Å². The highest BCUT2D eigenvalue weighted by Crippen LogP contribution is 2.16. The third kappa shape index (κ3) is 12.6. The molecule has 0 aliphatic carbocycles. The number of halogens is 1. The highest BCUT2D eigenvalue weighted by atomic mass is 127. The Kier molecular flexibility index (Phi) is 17.0. The Morgan fingerprint density at radius 3 is 2.54 bits per heavy atom. The predicted octanol–water partition coefficient (Wildman–Crippen LogP) is 3.81. The molecule has 144 valence electrons. The van der Waals surface area contributed by atoms with Gasteiger partial charge in [0.25, 0.3) is 0 Å². The van der Waals surface area contributed by atoms with Crippen molar-refractivity contribution in [2.45, 2.75) is 52.4 Å². The van der Waals surface area contributed by atoms with Crippen LogP contribution in [-0.4, -0.2) is 62.1 Å². The van der Waals surface area contributed by atoms with Gasteiger partial charge < -0.3 is 15.5 Å². The van der Waals surface area contributed by atoms with Crippen LogP contribution in [-0.2, 0) is 0 Å². The first kappa shape index (κ1) is 24.3. The molecule has 1 aliphatic rings. The third-order valence-corrected chi connectivity index (χ3v) is 5.14. The van der Waals surface area contributed by atoms with Gasteiger partial charge in [0.15, 0.2) is 5.96 Å². The maximum atomic E-state index is 4.70. The van der Waals surface area contributed by atoms with Crippen LogP contribution in [0.1, 0.15) is 52.4 Å². The van der Waals surface area contributed by atoms with Crippen molar-refractivity contribution in [1.29, 1.82) is 0 Å². The Hall–Kier alpha value is 0.310. The highest BCUT2D eigenvalue weighted by molar-refractivity contribution is 14.0. The van der Waals surface area contributed by atoms with Gasteiger partial charge in [-0.1, -0.05) is 6.92 Å². The van der Waals surface area contributed by atoms with E-state index in [2.05, 4.69) is 35.6 Å². The van der Waals surface area contributed by atoms with Crippen LogP contribution < -0.4 is 10.6 Å². The minimum absolute atomic E-state index is 0. The zero-order chi connectivity index (χ0) is 16.8. The molecule has 1 heterocycles. The summed E-state index contributed by atoms with van der Waals surface area (Å²) in [5.74, 6) is 3.17. The van der Waals surface area contributed by atoms with Crippen LogP contribution in [0.25, 0.3) is 0 Å². The molecule has 24 heavy (non-hydrogen) atoms. The molecule has 0 unspecified atom stereocenters. The largest absolute Gasteiger partial charge is 0.357 e. The van der Waals surface area contributed by atoms with Crippen LogP contribution in [0.2, 0.25) is 0 Å². The average Bonchev–Trinajstić information content (AvgIpc) is 2.56. The molecular weight excluding hydrogens is 431 g/mol. The second kappa shape index (κ2) is 16.8. The molecule has 6 heteroatoms. The van der Waals surface area contributed by atoms with Crippen molar-refractivity contribution < 1.29 is 0 Å². The van der Waals surface area contributed by atoms with Crippen LogP contribution in [0.15, 0.2) is 4.99 Å². The third-order valence-electron chi connectivity index (χ3n) is 4.44. The van der Waals surface area contributed by atoms with Gasteiger partial charge in [-0.3, -0.25) is 4.99 Å². The van der Waals surface area contributed by atoms with Gasteiger partial charge in [-0.2, -0.15) is 11.8 Å². The molecule has 0 saturated carbocycles. The van der Waals surface area contributed by atoms with Gasteiger partial charge in [-0.05, 0) is 83.0 Å². The van der Waals surface area contributed by atoms with E-state index in [1.807, 2.05) is 11.8 Å². The number of hydrogen-bond donors (Lipinski definition) is 2. The Morgan fingerprint density at radius 1 is 1.12 bits per heavy atom. The quantitative estimate of drug-likeness (QED) is 0.209. The van der Waals surface area contributed by atoms with E-state index in [4.69, 9.17) is 4.99 Å². The molecule has 1 rings (SSSR count). The standard InChI is InChI=1S/C18H38N4S.HI/c1-4-19-18(21-12-6-8-16-23-3)20-11-5-7-13-22-14-9-17(2)10-15-22;/h17H,4-16H2,1-3H3,(H2,19,20,21);1H. The van der Waals surface area contributed by atoms with Crippen molar-refractivity contribution in [3.63, 3.8) is 0 Å². The van der Waals surface area contributed by atoms with Crippen LogP contribution in [0.5, 0.6) is 0 Å². The van der Waals surface area contributed by atoms with Crippen molar-refractivity contribution in [3.8, 4) is 0 Å². The first-order valence-electron chi connectivity index (χ1n) is 9.49. The zero-order valence-electron chi connectivity index (χ0n) is 16.0. The van der Waals surface area contributed by atoms with Gasteiger partial charge in [0.05, 0.1) is 0 Å². The second-order valence-corrected chi connectivity index (χ2v) is 7.60. The number of nitrogens with zero attached hydrogens (tertiary/aromatic N) is 2. The summed E-state index contributed by atoms with van der Waals surface area (Å²) in [4.78, 5) is 7.32. The maximum absolute atomic E-state index is 4.70. The molecule has 0 aromatic rings. The molecule has 2 N–H and O–H groups in total. The van der Waals surface area contributed by atoms with Crippen molar-refractivity contribution >= 4 is 41.7 Å². The van der Waals surface area contributed by atoms with Crippen LogP contribution in [0.3, 0.4) is 0 Å². The number of unbranched alkanes of at least 4 members (excludes halogenated alkanes) is 2. The van der Waals surface area contributed by atoms with E-state index in [9.17, 15) is 0 Å². The number of piperidine rings is 1. The molecule has 1 fully saturated rings. The summed E-state index contributed by atoms with van der Waals surface area (Å²) >= 11 is 1.92. The number of hydrogen-bond acceptors (Lipinski definition) is 3. The summed E-state index contributed by atoms with van der Waals surface area (Å²) in [6.45, 7) is 11.2. The summed E-state index contributed by atoms with van der Waals surface area (Å²) in [5, 5.41) is 6.79. The molecule has 1 aliphatic heterocycles. The minimum atomic E-state index is 0. The zero-order valence-corrected chi connectivity index (χ0v) is 19.1. The lowest BCUT2D eigenvalue weighted by molar-refractivity contribution is 0.190. The maximum Gasteiger partial charge on any atom is 0.191 e. The van der Waals surface area contributed by atoms with Crippen molar-refractivity contribution in [2.75, 3.05) is 51.3 Å². The average molecular weight is 471 g/mol. The second-order valence-electron chi connectivity index (χ2n) is 6.62. The lowest BCUT2D eigenvalue weighted by Crippen LogP contribution is -2.38. The monoisotopic (exact) mass is 470 g/mol. The van der Waals surface area contributed by atoms with E-state index in [0.29, 0.717) is 0 Å².